The Bertz CT molecular complexity index is 400. The van der Waals surface area contributed by atoms with Crippen molar-refractivity contribution >= 4 is 11.6 Å². The molecule has 0 aliphatic carbocycles. The maximum Gasteiger partial charge on any atom is 0.250 e. The largest absolute Gasteiger partial charge is 0.497 e. The van der Waals surface area contributed by atoms with Crippen LogP contribution in [0.2, 0.25) is 0 Å². The Kier molecular flexibility index (Phi) is 5.18. The van der Waals surface area contributed by atoms with E-state index in [-0.39, 0.29) is 18.6 Å². The monoisotopic (exact) mass is 264 g/mol. The van der Waals surface area contributed by atoms with Gasteiger partial charge in [0, 0.05) is 5.69 Å². The van der Waals surface area contributed by atoms with Crippen LogP contribution < -0.4 is 15.4 Å². The van der Waals surface area contributed by atoms with Crippen molar-refractivity contribution in [2.45, 2.75) is 18.9 Å². The molecule has 1 amide bonds. The number of benzene rings is 1. The molecule has 0 saturated carbocycles. The summed E-state index contributed by atoms with van der Waals surface area (Å²) in [6.07, 6.45) is 2.13. The highest BCUT2D eigenvalue weighted by molar-refractivity contribution is 5.91. The van der Waals surface area contributed by atoms with Crippen LogP contribution in [0.15, 0.2) is 24.3 Å². The predicted molar refractivity (Wildman–Crippen MR) is 73.5 cm³/mol. The lowest BCUT2D eigenvalue weighted by atomic mass is 10.1. The summed E-state index contributed by atoms with van der Waals surface area (Å²) >= 11 is 0. The van der Waals surface area contributed by atoms with Crippen LogP contribution in [0.4, 0.5) is 5.69 Å². The van der Waals surface area contributed by atoms with Gasteiger partial charge in [0.1, 0.15) is 12.4 Å². The van der Waals surface area contributed by atoms with Crippen LogP contribution in [-0.2, 0) is 9.53 Å². The van der Waals surface area contributed by atoms with Gasteiger partial charge in [-0.1, -0.05) is 0 Å². The van der Waals surface area contributed by atoms with Gasteiger partial charge in [-0.25, -0.2) is 0 Å². The Balaban J connectivity index is 1.73. The topological polar surface area (TPSA) is 59.6 Å². The molecule has 1 aromatic carbocycles. The Labute approximate surface area is 113 Å². The molecule has 1 heterocycles. The normalized spacial score (nSPS) is 16.1. The lowest BCUT2D eigenvalue weighted by molar-refractivity contribution is -0.123. The van der Waals surface area contributed by atoms with E-state index in [2.05, 4.69) is 10.6 Å². The Morgan fingerprint density at radius 2 is 2.00 bits per heavy atom. The minimum atomic E-state index is -0.122. The van der Waals surface area contributed by atoms with Gasteiger partial charge >= 0.3 is 0 Å². The summed E-state index contributed by atoms with van der Waals surface area (Å²) in [5.41, 5.74) is 0.750. The van der Waals surface area contributed by atoms with Gasteiger partial charge in [-0.3, -0.25) is 4.79 Å². The van der Waals surface area contributed by atoms with Gasteiger partial charge in [-0.15, -0.1) is 0 Å². The zero-order chi connectivity index (χ0) is 13.5. The Morgan fingerprint density at radius 1 is 1.32 bits per heavy atom. The number of hydrogen-bond acceptors (Lipinski definition) is 4. The van der Waals surface area contributed by atoms with Gasteiger partial charge in [0.25, 0.3) is 0 Å². The molecule has 2 rings (SSSR count). The van der Waals surface area contributed by atoms with Crippen LogP contribution in [0.25, 0.3) is 0 Å². The quantitative estimate of drug-likeness (QED) is 0.844. The molecule has 0 atom stereocenters. The average Bonchev–Trinajstić information content (AvgIpc) is 2.47. The van der Waals surface area contributed by atoms with Crippen LogP contribution in [0.1, 0.15) is 12.8 Å². The number of rotatable bonds is 5. The van der Waals surface area contributed by atoms with Crippen LogP contribution in [0.3, 0.4) is 0 Å². The first kappa shape index (κ1) is 13.8. The molecule has 5 nitrogen and oxygen atoms in total. The maximum atomic E-state index is 11.7. The number of amides is 1. The van der Waals surface area contributed by atoms with Gasteiger partial charge in [0.2, 0.25) is 5.91 Å². The standard InChI is InChI=1S/C14H20N2O3/c1-18-12-4-2-11(3-5-12)16-14(17)10-19-13-6-8-15-9-7-13/h2-5,13,15H,6-10H2,1H3,(H,16,17). The van der Waals surface area contributed by atoms with Crippen LogP contribution in [0, 0.1) is 0 Å². The molecule has 2 N–H and O–H groups in total. The van der Waals surface area contributed by atoms with Gasteiger partial charge < -0.3 is 20.1 Å². The van der Waals surface area contributed by atoms with Crippen molar-refractivity contribution in [3.63, 3.8) is 0 Å². The Hall–Kier alpha value is -1.59. The van der Waals surface area contributed by atoms with Crippen LogP contribution in [0.5, 0.6) is 5.75 Å². The summed E-state index contributed by atoms with van der Waals surface area (Å²) in [6, 6.07) is 7.23. The molecule has 104 valence electrons. The molecule has 1 aliphatic heterocycles. The fraction of sp³-hybridized carbons (Fsp3) is 0.500. The van der Waals surface area contributed by atoms with E-state index >= 15 is 0 Å². The number of ether oxygens (including phenoxy) is 2. The average molecular weight is 264 g/mol. The summed E-state index contributed by atoms with van der Waals surface area (Å²) in [5.74, 6) is 0.646. The molecule has 0 aromatic heterocycles. The number of anilines is 1. The second-order valence-electron chi connectivity index (χ2n) is 4.54. The van der Waals surface area contributed by atoms with Crippen molar-refractivity contribution in [2.24, 2.45) is 0 Å². The fourth-order valence-electron chi connectivity index (χ4n) is 2.03. The molecule has 1 fully saturated rings. The van der Waals surface area contributed by atoms with Crippen LogP contribution in [-0.4, -0.2) is 38.8 Å². The minimum Gasteiger partial charge on any atom is -0.497 e. The summed E-state index contributed by atoms with van der Waals surface area (Å²) in [7, 11) is 1.61. The van der Waals surface area contributed by atoms with E-state index in [0.29, 0.717) is 0 Å². The highest BCUT2D eigenvalue weighted by atomic mass is 16.5. The highest BCUT2D eigenvalue weighted by Crippen LogP contribution is 2.15. The maximum absolute atomic E-state index is 11.7. The number of hydrogen-bond donors (Lipinski definition) is 2. The van der Waals surface area contributed by atoms with Gasteiger partial charge in [0.15, 0.2) is 0 Å². The minimum absolute atomic E-state index is 0.108. The van der Waals surface area contributed by atoms with Crippen LogP contribution >= 0.6 is 0 Å². The molecule has 1 aliphatic rings. The van der Waals surface area contributed by atoms with E-state index in [1.54, 1.807) is 19.2 Å². The second kappa shape index (κ2) is 7.11. The first-order valence-corrected chi connectivity index (χ1v) is 6.54. The van der Waals surface area contributed by atoms with E-state index in [1.165, 1.54) is 0 Å². The second-order valence-corrected chi connectivity index (χ2v) is 4.54. The summed E-state index contributed by atoms with van der Waals surface area (Å²) in [5, 5.41) is 6.06. The molecule has 19 heavy (non-hydrogen) atoms. The number of nitrogens with one attached hydrogen (secondary N) is 2. The lowest BCUT2D eigenvalue weighted by Gasteiger charge is -2.22. The van der Waals surface area contributed by atoms with Crippen molar-refractivity contribution in [3.05, 3.63) is 24.3 Å². The molecular weight excluding hydrogens is 244 g/mol. The van der Waals surface area contributed by atoms with Gasteiger partial charge in [-0.2, -0.15) is 0 Å². The van der Waals surface area contributed by atoms with Crippen molar-refractivity contribution in [2.75, 3.05) is 32.1 Å². The first-order chi connectivity index (χ1) is 9.28. The molecule has 0 radical (unpaired) electrons. The summed E-state index contributed by atoms with van der Waals surface area (Å²) in [6.45, 7) is 2.03. The number of carbonyl (C=O) groups is 1. The molecule has 1 aromatic rings. The molecule has 0 bridgehead atoms. The molecule has 0 spiro atoms. The van der Waals surface area contributed by atoms with Crippen molar-refractivity contribution < 1.29 is 14.3 Å². The highest BCUT2D eigenvalue weighted by Gasteiger charge is 2.14. The van der Waals surface area contributed by atoms with Crippen molar-refractivity contribution in [3.8, 4) is 5.75 Å². The van der Waals surface area contributed by atoms with E-state index in [4.69, 9.17) is 9.47 Å². The molecule has 1 saturated heterocycles. The first-order valence-electron chi connectivity index (χ1n) is 6.54. The SMILES string of the molecule is COc1ccc(NC(=O)COC2CCNCC2)cc1. The van der Waals surface area contributed by atoms with E-state index in [1.807, 2.05) is 12.1 Å². The van der Waals surface area contributed by atoms with Crippen molar-refractivity contribution in [1.29, 1.82) is 0 Å². The van der Waals surface area contributed by atoms with E-state index < -0.39 is 0 Å². The van der Waals surface area contributed by atoms with Gasteiger partial charge in [0.05, 0.1) is 13.2 Å². The number of piperidine rings is 1. The van der Waals surface area contributed by atoms with Crippen molar-refractivity contribution in [1.82, 2.24) is 5.32 Å². The number of carbonyl (C=O) groups excluding carboxylic acids is 1. The third kappa shape index (κ3) is 4.54. The third-order valence-electron chi connectivity index (χ3n) is 3.11. The summed E-state index contributed by atoms with van der Waals surface area (Å²) in [4.78, 5) is 11.7. The number of methoxy groups -OCH3 is 1. The third-order valence-corrected chi connectivity index (χ3v) is 3.11. The van der Waals surface area contributed by atoms with E-state index in [9.17, 15) is 4.79 Å². The predicted octanol–water partition coefficient (Wildman–Crippen LogP) is 1.40. The van der Waals surface area contributed by atoms with E-state index in [0.717, 1.165) is 37.4 Å². The molecular formula is C14H20N2O3. The molecule has 5 heteroatoms. The smallest absolute Gasteiger partial charge is 0.250 e. The lowest BCUT2D eigenvalue weighted by Crippen LogP contribution is -2.34. The fourth-order valence-corrected chi connectivity index (χ4v) is 2.03. The Morgan fingerprint density at radius 3 is 2.63 bits per heavy atom. The molecule has 0 unspecified atom stereocenters. The zero-order valence-corrected chi connectivity index (χ0v) is 11.1. The summed E-state index contributed by atoms with van der Waals surface area (Å²) < 4.78 is 10.6. The zero-order valence-electron chi connectivity index (χ0n) is 11.1. The van der Waals surface area contributed by atoms with Gasteiger partial charge in [-0.05, 0) is 50.2 Å².